The number of nitro groups is 1. The number of primary sulfonamides is 1. The highest BCUT2D eigenvalue weighted by molar-refractivity contribution is 7.89. The first-order chi connectivity index (χ1) is 9.77. The summed E-state index contributed by atoms with van der Waals surface area (Å²) in [6.45, 7) is 0. The number of benzene rings is 1. The number of thiazole rings is 1. The Labute approximate surface area is 122 Å². The Morgan fingerprint density at radius 2 is 1.95 bits per heavy atom. The van der Waals surface area contributed by atoms with Crippen molar-refractivity contribution in [2.24, 2.45) is 5.14 Å². The molecule has 0 fully saturated rings. The van der Waals surface area contributed by atoms with E-state index >= 15 is 0 Å². The standard InChI is InChI=1S/C10H8N4O5S2/c11-21(18,19)8-5-20-10(12-8)13-9(15)6-1-3-7(4-2-6)14(16)17/h1-5H,(H2,11,18,19)(H,12,13,15). The molecule has 0 atom stereocenters. The Balaban J connectivity index is 2.14. The lowest BCUT2D eigenvalue weighted by Gasteiger charge is -2.01. The van der Waals surface area contributed by atoms with Crippen molar-refractivity contribution in [1.82, 2.24) is 4.98 Å². The Kier molecular flexibility index (Phi) is 3.97. The first-order valence-electron chi connectivity index (χ1n) is 5.31. The van der Waals surface area contributed by atoms with Crippen LogP contribution in [0.25, 0.3) is 0 Å². The number of hydrogen-bond donors (Lipinski definition) is 2. The van der Waals surface area contributed by atoms with Gasteiger partial charge in [-0.1, -0.05) is 0 Å². The molecule has 0 unspecified atom stereocenters. The Bertz CT molecular complexity index is 797. The highest BCUT2D eigenvalue weighted by Gasteiger charge is 2.15. The SMILES string of the molecule is NS(=O)(=O)c1csc(NC(=O)c2ccc([N+](=O)[O-])cc2)n1. The van der Waals surface area contributed by atoms with E-state index in [0.717, 1.165) is 11.3 Å². The minimum atomic E-state index is -3.92. The molecule has 2 rings (SSSR count). The molecular formula is C10H8N4O5S2. The fourth-order valence-electron chi connectivity index (χ4n) is 1.35. The van der Waals surface area contributed by atoms with Crippen LogP contribution in [-0.4, -0.2) is 24.2 Å². The predicted molar refractivity (Wildman–Crippen MR) is 74.5 cm³/mol. The molecule has 0 saturated carbocycles. The van der Waals surface area contributed by atoms with E-state index in [-0.39, 0.29) is 21.4 Å². The Morgan fingerprint density at radius 3 is 2.43 bits per heavy atom. The maximum Gasteiger partial charge on any atom is 0.269 e. The minimum absolute atomic E-state index is 0.0578. The Morgan fingerprint density at radius 1 is 1.33 bits per heavy atom. The zero-order chi connectivity index (χ0) is 15.6. The molecule has 0 spiro atoms. The number of nitrogens with one attached hydrogen (secondary N) is 1. The second kappa shape index (κ2) is 5.55. The van der Waals surface area contributed by atoms with Gasteiger partial charge in [-0.25, -0.2) is 18.5 Å². The molecule has 0 saturated heterocycles. The summed E-state index contributed by atoms with van der Waals surface area (Å²) in [7, 11) is -3.92. The van der Waals surface area contributed by atoms with Crippen LogP contribution in [0.4, 0.5) is 10.8 Å². The van der Waals surface area contributed by atoms with Gasteiger partial charge in [0.2, 0.25) is 0 Å². The van der Waals surface area contributed by atoms with Crippen LogP contribution < -0.4 is 10.5 Å². The molecule has 110 valence electrons. The van der Waals surface area contributed by atoms with Crippen molar-refractivity contribution < 1.29 is 18.1 Å². The van der Waals surface area contributed by atoms with Crippen molar-refractivity contribution in [2.75, 3.05) is 5.32 Å². The van der Waals surface area contributed by atoms with E-state index in [4.69, 9.17) is 5.14 Å². The number of carbonyl (C=O) groups is 1. The normalized spacial score (nSPS) is 11.1. The summed E-state index contributed by atoms with van der Waals surface area (Å²) in [6.07, 6.45) is 0. The number of nitrogens with two attached hydrogens (primary N) is 1. The molecule has 1 aromatic heterocycles. The third kappa shape index (κ3) is 3.59. The molecule has 1 amide bonds. The van der Waals surface area contributed by atoms with E-state index in [2.05, 4.69) is 10.3 Å². The largest absolute Gasteiger partial charge is 0.298 e. The van der Waals surface area contributed by atoms with Crippen molar-refractivity contribution in [3.8, 4) is 0 Å². The van der Waals surface area contributed by atoms with Gasteiger partial charge in [-0.15, -0.1) is 11.3 Å². The van der Waals surface area contributed by atoms with Gasteiger partial charge in [0, 0.05) is 23.1 Å². The molecule has 21 heavy (non-hydrogen) atoms. The lowest BCUT2D eigenvalue weighted by molar-refractivity contribution is -0.384. The predicted octanol–water partition coefficient (Wildman–Crippen LogP) is 0.951. The van der Waals surface area contributed by atoms with Crippen LogP contribution in [0.1, 0.15) is 10.4 Å². The van der Waals surface area contributed by atoms with E-state index in [1.54, 1.807) is 0 Å². The Hall–Kier alpha value is -2.37. The van der Waals surface area contributed by atoms with Crippen LogP contribution in [0.5, 0.6) is 0 Å². The van der Waals surface area contributed by atoms with Crippen molar-refractivity contribution in [1.29, 1.82) is 0 Å². The number of rotatable bonds is 4. The first-order valence-corrected chi connectivity index (χ1v) is 7.74. The molecule has 9 nitrogen and oxygen atoms in total. The fraction of sp³-hybridized carbons (Fsp3) is 0. The van der Waals surface area contributed by atoms with Crippen molar-refractivity contribution in [3.05, 3.63) is 45.3 Å². The molecule has 3 N–H and O–H groups in total. The van der Waals surface area contributed by atoms with Crippen LogP contribution in [0, 0.1) is 10.1 Å². The van der Waals surface area contributed by atoms with Gasteiger partial charge in [0.05, 0.1) is 4.92 Å². The van der Waals surface area contributed by atoms with Gasteiger partial charge in [-0.3, -0.25) is 20.2 Å². The summed E-state index contributed by atoms with van der Waals surface area (Å²) in [5.74, 6) is -0.569. The third-order valence-corrected chi connectivity index (χ3v) is 4.03. The molecule has 11 heteroatoms. The number of amides is 1. The summed E-state index contributed by atoms with van der Waals surface area (Å²) < 4.78 is 22.1. The van der Waals surface area contributed by atoms with Crippen LogP contribution in [0.15, 0.2) is 34.7 Å². The summed E-state index contributed by atoms with van der Waals surface area (Å²) in [5, 5.41) is 18.7. The van der Waals surface area contributed by atoms with Gasteiger partial charge in [0.15, 0.2) is 10.2 Å². The first kappa shape index (κ1) is 15.0. The molecule has 0 aliphatic rings. The highest BCUT2D eigenvalue weighted by Crippen LogP contribution is 2.19. The van der Waals surface area contributed by atoms with Gasteiger partial charge in [-0.2, -0.15) is 0 Å². The molecule has 0 aliphatic heterocycles. The topological polar surface area (TPSA) is 145 Å². The molecule has 1 heterocycles. The monoisotopic (exact) mass is 328 g/mol. The average Bonchev–Trinajstić information content (AvgIpc) is 2.87. The van der Waals surface area contributed by atoms with Gasteiger partial charge < -0.3 is 0 Å². The van der Waals surface area contributed by atoms with Gasteiger partial charge in [0.1, 0.15) is 0 Å². The van der Waals surface area contributed by atoms with E-state index < -0.39 is 20.9 Å². The number of anilines is 1. The van der Waals surface area contributed by atoms with Crippen LogP contribution in [0.3, 0.4) is 0 Å². The maximum absolute atomic E-state index is 11.9. The van der Waals surface area contributed by atoms with E-state index in [1.807, 2.05) is 0 Å². The number of nitrogens with zero attached hydrogens (tertiary/aromatic N) is 2. The van der Waals surface area contributed by atoms with Gasteiger partial charge in [-0.05, 0) is 12.1 Å². The maximum atomic E-state index is 11.9. The zero-order valence-corrected chi connectivity index (χ0v) is 11.8. The molecular weight excluding hydrogens is 320 g/mol. The summed E-state index contributed by atoms with van der Waals surface area (Å²) in [5.41, 5.74) is 0.0327. The number of aromatic nitrogens is 1. The number of carbonyl (C=O) groups excluding carboxylic acids is 1. The van der Waals surface area contributed by atoms with Gasteiger partial charge in [0.25, 0.3) is 21.6 Å². The summed E-state index contributed by atoms with van der Waals surface area (Å²) in [6, 6.07) is 4.93. The quantitative estimate of drug-likeness (QED) is 0.631. The molecule has 0 aliphatic carbocycles. The lowest BCUT2D eigenvalue weighted by atomic mass is 10.2. The van der Waals surface area contributed by atoms with E-state index in [1.165, 1.54) is 29.6 Å². The number of sulfonamides is 1. The number of hydrogen-bond acceptors (Lipinski definition) is 7. The average molecular weight is 328 g/mol. The van der Waals surface area contributed by atoms with Crippen LogP contribution in [0.2, 0.25) is 0 Å². The van der Waals surface area contributed by atoms with Crippen LogP contribution in [-0.2, 0) is 10.0 Å². The summed E-state index contributed by atoms with van der Waals surface area (Å²) in [4.78, 5) is 25.4. The number of nitro benzene ring substituents is 1. The second-order valence-electron chi connectivity index (χ2n) is 3.79. The number of non-ortho nitro benzene ring substituents is 1. The molecule has 2 aromatic rings. The van der Waals surface area contributed by atoms with Crippen molar-refractivity contribution in [3.63, 3.8) is 0 Å². The molecule has 1 aromatic carbocycles. The van der Waals surface area contributed by atoms with Crippen molar-refractivity contribution >= 4 is 38.1 Å². The minimum Gasteiger partial charge on any atom is -0.298 e. The van der Waals surface area contributed by atoms with Crippen molar-refractivity contribution in [2.45, 2.75) is 5.03 Å². The van der Waals surface area contributed by atoms with Crippen LogP contribution >= 0.6 is 11.3 Å². The molecule has 0 radical (unpaired) electrons. The van der Waals surface area contributed by atoms with E-state index in [0.29, 0.717) is 0 Å². The third-order valence-electron chi connectivity index (χ3n) is 2.34. The van der Waals surface area contributed by atoms with Gasteiger partial charge >= 0.3 is 0 Å². The van der Waals surface area contributed by atoms with E-state index in [9.17, 15) is 23.3 Å². The lowest BCUT2D eigenvalue weighted by Crippen LogP contribution is -2.14. The fourth-order valence-corrected chi connectivity index (χ4v) is 2.88. The zero-order valence-electron chi connectivity index (χ0n) is 10.2. The molecule has 0 bridgehead atoms. The highest BCUT2D eigenvalue weighted by atomic mass is 32.2. The smallest absolute Gasteiger partial charge is 0.269 e. The summed E-state index contributed by atoms with van der Waals surface area (Å²) >= 11 is 0.897. The second-order valence-corrected chi connectivity index (χ2v) is 6.16.